The van der Waals surface area contributed by atoms with Gasteiger partial charge < -0.3 is 39.0 Å². The number of aliphatic hydroxyl groups excluding tert-OH is 1. The van der Waals surface area contributed by atoms with Crippen LogP contribution in [-0.4, -0.2) is 63.8 Å². The highest BCUT2D eigenvalue weighted by Crippen LogP contribution is 2.59. The molecule has 0 radical (unpaired) electrons. The van der Waals surface area contributed by atoms with Crippen LogP contribution in [0.3, 0.4) is 0 Å². The lowest BCUT2D eigenvalue weighted by Crippen LogP contribution is -2.46. The normalized spacial score (nSPS) is 31.1. The first-order valence-electron chi connectivity index (χ1n) is 7.23. The average molecular weight is 482 g/mol. The average Bonchev–Trinajstić information content (AvgIpc) is 2.75. The Hall–Kier alpha value is -0.210. The van der Waals surface area contributed by atoms with E-state index >= 15 is 0 Å². The van der Waals surface area contributed by atoms with Crippen LogP contribution < -0.4 is 11.2 Å². The summed E-state index contributed by atoms with van der Waals surface area (Å²) >= 11 is 4.61. The largest absolute Gasteiger partial charge is 0.387 e. The quantitative estimate of drug-likeness (QED) is 0.205. The Morgan fingerprint density at radius 3 is 2.64 bits per heavy atom. The molecule has 7 N–H and O–H groups in total. The maximum Gasteiger partial charge on any atom is 0.344 e. The van der Waals surface area contributed by atoms with Crippen LogP contribution in [-0.2, 0) is 29.7 Å². The molecule has 6 atom stereocenters. The van der Waals surface area contributed by atoms with E-state index in [1.165, 1.54) is 6.92 Å². The Kier molecular flexibility index (Phi) is 7.99. The van der Waals surface area contributed by atoms with E-state index in [2.05, 4.69) is 20.4 Å². The van der Waals surface area contributed by atoms with Crippen LogP contribution >= 0.6 is 23.9 Å². The molecule has 160 valence electrons. The van der Waals surface area contributed by atoms with Crippen LogP contribution in [0.25, 0.3) is 0 Å². The van der Waals surface area contributed by atoms with Crippen molar-refractivity contribution in [2.75, 3.05) is 6.61 Å². The molecule has 1 aliphatic rings. The van der Waals surface area contributed by atoms with Gasteiger partial charge in [-0.1, -0.05) is 0 Å². The van der Waals surface area contributed by atoms with Crippen LogP contribution in [0.1, 0.15) is 13.2 Å². The second-order valence-electron chi connectivity index (χ2n) is 5.63. The summed E-state index contributed by atoms with van der Waals surface area (Å²) in [5.41, 5.74) is -3.56. The molecule has 6 unspecified atom stereocenters. The van der Waals surface area contributed by atoms with Crippen molar-refractivity contribution in [3.05, 3.63) is 33.1 Å². The lowest BCUT2D eigenvalue weighted by molar-refractivity contribution is -0.0985. The zero-order chi connectivity index (χ0) is 21.3. The van der Waals surface area contributed by atoms with Gasteiger partial charge in [-0.2, -0.15) is 0 Å². The molecule has 1 saturated heterocycles. The Morgan fingerprint density at radius 2 is 2.07 bits per heavy atom. The maximum atomic E-state index is 11.9. The highest BCUT2D eigenvalue weighted by atomic mass is 32.5. The monoisotopic (exact) mass is 482 g/mol. The third kappa shape index (κ3) is 5.91. The van der Waals surface area contributed by atoms with E-state index < -0.39 is 65.8 Å². The molecule has 1 aromatic rings. The first kappa shape index (κ1) is 24.1. The number of rotatable bonds is 8. The van der Waals surface area contributed by atoms with E-state index in [9.17, 15) is 29.6 Å². The van der Waals surface area contributed by atoms with Crippen molar-refractivity contribution in [2.24, 2.45) is 0 Å². The van der Waals surface area contributed by atoms with Crippen LogP contribution in [0.4, 0.5) is 0 Å². The number of aromatic nitrogens is 2. The molecule has 0 aromatic carbocycles. The van der Waals surface area contributed by atoms with E-state index in [-0.39, 0.29) is 0 Å². The van der Waals surface area contributed by atoms with Gasteiger partial charge in [0.25, 0.3) is 5.56 Å². The molecule has 14 nitrogen and oxygen atoms in total. The van der Waals surface area contributed by atoms with Crippen molar-refractivity contribution >= 4 is 35.7 Å². The van der Waals surface area contributed by atoms with Crippen LogP contribution in [0.15, 0.2) is 21.9 Å². The number of ether oxygens (including phenoxy) is 1. The third-order valence-corrected chi connectivity index (χ3v) is 7.50. The Bertz CT molecular complexity index is 845. The summed E-state index contributed by atoms with van der Waals surface area (Å²) in [5.74, 6) is 0. The predicted molar refractivity (Wildman–Crippen MR) is 97.0 cm³/mol. The Balaban J connectivity index is 2.08. The van der Waals surface area contributed by atoms with Crippen LogP contribution in [0.5, 0.6) is 0 Å². The molecule has 1 fully saturated rings. The number of aromatic amines is 1. The molecular formula is C10H17N2O12P3S. The van der Waals surface area contributed by atoms with Gasteiger partial charge in [-0.15, -0.1) is 0 Å². The lowest BCUT2D eigenvalue weighted by atomic mass is 9.96. The third-order valence-electron chi connectivity index (χ3n) is 3.58. The summed E-state index contributed by atoms with van der Waals surface area (Å²) in [6.45, 7) is -3.60. The van der Waals surface area contributed by atoms with Crippen molar-refractivity contribution in [1.82, 2.24) is 9.55 Å². The van der Waals surface area contributed by atoms with Crippen molar-refractivity contribution < 1.29 is 47.7 Å². The summed E-state index contributed by atoms with van der Waals surface area (Å²) in [5, 5.41) is 20.8. The Labute approximate surface area is 164 Å². The molecule has 2 heterocycles. The van der Waals surface area contributed by atoms with Gasteiger partial charge in [-0.3, -0.25) is 14.3 Å². The smallest absolute Gasteiger partial charge is 0.344 e. The van der Waals surface area contributed by atoms with Crippen molar-refractivity contribution in [3.8, 4) is 0 Å². The molecule has 28 heavy (non-hydrogen) atoms. The summed E-state index contributed by atoms with van der Waals surface area (Å²) in [6, 6.07) is 1.01. The number of hydrogen-bond donors (Lipinski definition) is 7. The minimum atomic E-state index is -4.15. The van der Waals surface area contributed by atoms with Crippen molar-refractivity contribution in [3.63, 3.8) is 0 Å². The number of H-pyrrole nitrogens is 1. The first-order valence-corrected chi connectivity index (χ1v) is 12.1. The number of nitrogens with one attached hydrogen (secondary N) is 1. The molecule has 0 amide bonds. The van der Waals surface area contributed by atoms with Gasteiger partial charge in [0.1, 0.15) is 17.8 Å². The van der Waals surface area contributed by atoms with E-state index in [1.807, 2.05) is 4.98 Å². The first-order chi connectivity index (χ1) is 12.8. The second-order valence-corrected chi connectivity index (χ2v) is 10.5. The van der Waals surface area contributed by atoms with Gasteiger partial charge in [0.05, 0.1) is 6.61 Å². The van der Waals surface area contributed by atoms with Crippen molar-refractivity contribution in [2.45, 2.75) is 31.0 Å². The topological polar surface area (TPSA) is 213 Å². The van der Waals surface area contributed by atoms with Crippen LogP contribution in [0, 0.1) is 0 Å². The fourth-order valence-electron chi connectivity index (χ4n) is 2.35. The number of nitrogens with zero attached hydrogens (tertiary/aromatic N) is 1. The van der Waals surface area contributed by atoms with Gasteiger partial charge >= 0.3 is 29.6 Å². The highest BCUT2D eigenvalue weighted by molar-refractivity contribution is 8.08. The van der Waals surface area contributed by atoms with Crippen LogP contribution in [0.2, 0.25) is 0 Å². The molecule has 2 rings (SSSR count). The van der Waals surface area contributed by atoms with Gasteiger partial charge in [0, 0.05) is 12.3 Å². The fraction of sp³-hybridized carbons (Fsp3) is 0.600. The van der Waals surface area contributed by atoms with Gasteiger partial charge in [-0.25, -0.2) is 13.4 Å². The zero-order valence-corrected chi connectivity index (χ0v) is 17.4. The molecular weight excluding hydrogens is 465 g/mol. The minimum Gasteiger partial charge on any atom is -0.387 e. The van der Waals surface area contributed by atoms with Gasteiger partial charge in [0.15, 0.2) is 6.23 Å². The second kappa shape index (κ2) is 9.29. The molecule has 1 aromatic heterocycles. The number of aliphatic hydroxyl groups is 2. The van der Waals surface area contributed by atoms with Gasteiger partial charge in [-0.05, 0) is 18.7 Å². The molecule has 18 heteroatoms. The van der Waals surface area contributed by atoms with E-state index in [1.54, 1.807) is 0 Å². The molecule has 0 spiro atoms. The molecule has 0 saturated carbocycles. The summed E-state index contributed by atoms with van der Waals surface area (Å²) < 4.78 is 19.8. The van der Waals surface area contributed by atoms with E-state index in [0.717, 1.165) is 16.8 Å². The van der Waals surface area contributed by atoms with E-state index in [0.29, 0.717) is 0 Å². The summed E-state index contributed by atoms with van der Waals surface area (Å²) in [4.78, 5) is 61.3. The van der Waals surface area contributed by atoms with Gasteiger partial charge in [0.2, 0.25) is 0 Å². The molecule has 1 aliphatic heterocycles. The highest BCUT2D eigenvalue weighted by Gasteiger charge is 2.53. The zero-order valence-electron chi connectivity index (χ0n) is 13.9. The minimum absolute atomic E-state index is 0.629. The SMILES string of the molecule is CC1(O)C(O)C(COP(O)(=S)OP(O)OP(O)O)OC1n1ccc(=O)[nH]c1=O. The predicted octanol–water partition coefficient (Wildman–Crippen LogP) is -1.76. The van der Waals surface area contributed by atoms with Crippen molar-refractivity contribution in [1.29, 1.82) is 0 Å². The fourth-order valence-corrected chi connectivity index (χ4v) is 5.16. The molecule has 0 aliphatic carbocycles. The molecule has 0 bridgehead atoms. The maximum absolute atomic E-state index is 11.9. The summed E-state index contributed by atoms with van der Waals surface area (Å²) in [6.07, 6.45) is -3.26. The number of hydrogen-bond acceptors (Lipinski definition) is 12. The lowest BCUT2D eigenvalue weighted by Gasteiger charge is -2.27. The standard InChI is InChI=1S/C10H17N2O12P3S/c1-10(16)7(14)5(4-21-27(20,28)24-26(19)23-25(17)18)22-8(10)12-3-2-6(13)11-9(12)15/h2-3,5,7-8,14,16-19H,4H2,1H3,(H,20,28)(H,11,13,15). The summed E-state index contributed by atoms with van der Waals surface area (Å²) in [7, 11) is -5.91. The Morgan fingerprint density at radius 1 is 1.43 bits per heavy atom. The van der Waals surface area contributed by atoms with E-state index in [4.69, 9.17) is 19.0 Å².